The number of hydrogen-bond acceptors (Lipinski definition) is 6. The highest BCUT2D eigenvalue weighted by atomic mass is 19.1. The van der Waals surface area contributed by atoms with Crippen molar-refractivity contribution in [1.29, 1.82) is 0 Å². The number of nitrogens with two attached hydrogens (primary N) is 1. The van der Waals surface area contributed by atoms with Gasteiger partial charge in [-0.3, -0.25) is 4.57 Å². The number of aromatic nitrogens is 2. The summed E-state index contributed by atoms with van der Waals surface area (Å²) in [6, 6.07) is 0. The van der Waals surface area contributed by atoms with E-state index >= 15 is 0 Å². The van der Waals surface area contributed by atoms with Gasteiger partial charge in [0.1, 0.15) is 12.2 Å². The summed E-state index contributed by atoms with van der Waals surface area (Å²) in [5.41, 5.74) is 1.19. The smallest absolute Gasteiger partial charge is 0.351 e. The van der Waals surface area contributed by atoms with Crippen LogP contribution in [0.3, 0.4) is 0 Å². The minimum absolute atomic E-state index is 0.449. The zero-order valence-corrected chi connectivity index (χ0v) is 10.0. The van der Waals surface area contributed by atoms with Gasteiger partial charge in [0.2, 0.25) is 5.67 Å². The molecule has 1 aliphatic rings. The minimum atomic E-state index is -2.82. The van der Waals surface area contributed by atoms with E-state index in [1.54, 1.807) is 5.92 Å². The van der Waals surface area contributed by atoms with Gasteiger partial charge in [-0.2, -0.15) is 4.98 Å². The first kappa shape index (κ1) is 14.4. The topological polar surface area (TPSA) is 111 Å². The molecule has 1 saturated heterocycles. The zero-order valence-electron chi connectivity index (χ0n) is 10.0. The van der Waals surface area contributed by atoms with Gasteiger partial charge in [-0.15, -0.1) is 6.42 Å². The molecule has 3 unspecified atom stereocenters. The van der Waals surface area contributed by atoms with E-state index in [0.29, 0.717) is 10.8 Å². The summed E-state index contributed by atoms with van der Waals surface area (Å²) in [7, 11) is 0. The number of hydrogen-bond donors (Lipinski definition) is 3. The number of rotatable bonds is 2. The number of nitrogen functional groups attached to an aromatic ring is 1. The van der Waals surface area contributed by atoms with Crippen LogP contribution in [0.15, 0.2) is 11.0 Å². The van der Waals surface area contributed by atoms with Crippen LogP contribution in [0.2, 0.25) is 0 Å². The maximum Gasteiger partial charge on any atom is 0.351 e. The Morgan fingerprint density at radius 1 is 1.70 bits per heavy atom. The summed E-state index contributed by atoms with van der Waals surface area (Å²) in [4.78, 5) is 14.8. The molecule has 0 aliphatic carbocycles. The van der Waals surface area contributed by atoms with Gasteiger partial charge in [0.05, 0.1) is 12.8 Å². The fourth-order valence-electron chi connectivity index (χ4n) is 1.95. The second-order valence-electron chi connectivity index (χ2n) is 4.23. The van der Waals surface area contributed by atoms with Crippen LogP contribution in [0.25, 0.3) is 0 Å². The first-order valence-electron chi connectivity index (χ1n) is 5.50. The lowest BCUT2D eigenvalue weighted by Crippen LogP contribution is -2.44. The predicted octanol–water partition coefficient (Wildman–Crippen LogP) is -1.44. The van der Waals surface area contributed by atoms with Crippen LogP contribution in [0, 0.1) is 18.2 Å². The Morgan fingerprint density at radius 3 is 2.90 bits per heavy atom. The molecule has 1 aromatic heterocycles. The molecule has 20 heavy (non-hydrogen) atoms. The Hall–Kier alpha value is -2.02. The lowest BCUT2D eigenvalue weighted by atomic mass is 9.97. The lowest BCUT2D eigenvalue weighted by Gasteiger charge is -2.23. The molecule has 0 radical (unpaired) electrons. The number of aliphatic hydroxyl groups is 2. The van der Waals surface area contributed by atoms with E-state index in [2.05, 4.69) is 4.98 Å². The molecule has 2 heterocycles. The molecular formula is C11H11F2N3O4. The van der Waals surface area contributed by atoms with Gasteiger partial charge in [-0.1, -0.05) is 5.92 Å². The quantitative estimate of drug-likeness (QED) is 0.574. The average molecular weight is 287 g/mol. The van der Waals surface area contributed by atoms with Crippen LogP contribution in [0.1, 0.15) is 6.23 Å². The highest BCUT2D eigenvalue weighted by Gasteiger charge is 2.57. The van der Waals surface area contributed by atoms with E-state index in [-0.39, 0.29) is 0 Å². The summed E-state index contributed by atoms with van der Waals surface area (Å²) < 4.78 is 33.4. The summed E-state index contributed by atoms with van der Waals surface area (Å²) >= 11 is 0. The average Bonchev–Trinajstić information content (AvgIpc) is 2.67. The third kappa shape index (κ3) is 1.94. The molecule has 0 spiro atoms. The zero-order chi connectivity index (χ0) is 15.1. The van der Waals surface area contributed by atoms with Crippen LogP contribution >= 0.6 is 0 Å². The van der Waals surface area contributed by atoms with E-state index in [9.17, 15) is 18.7 Å². The fraction of sp³-hybridized carbons (Fsp3) is 0.455. The maximum atomic E-state index is 14.6. The summed E-state index contributed by atoms with van der Waals surface area (Å²) in [5, 5.41) is 18.7. The summed E-state index contributed by atoms with van der Waals surface area (Å²) in [6.07, 6.45) is 0.540. The summed E-state index contributed by atoms with van der Waals surface area (Å²) in [5.74, 6) is -0.0629. The fourth-order valence-corrected chi connectivity index (χ4v) is 1.95. The Kier molecular flexibility index (Phi) is 3.47. The van der Waals surface area contributed by atoms with Gasteiger partial charge < -0.3 is 20.7 Å². The molecule has 0 aromatic carbocycles. The van der Waals surface area contributed by atoms with E-state index in [1.807, 2.05) is 0 Å². The van der Waals surface area contributed by atoms with E-state index in [0.717, 1.165) is 0 Å². The van der Waals surface area contributed by atoms with E-state index in [4.69, 9.17) is 22.0 Å². The van der Waals surface area contributed by atoms with Crippen LogP contribution in [0.4, 0.5) is 14.6 Å². The van der Waals surface area contributed by atoms with Crippen molar-refractivity contribution >= 4 is 5.82 Å². The number of ether oxygens (including phenoxy) is 1. The number of halogens is 2. The van der Waals surface area contributed by atoms with Gasteiger partial charge >= 0.3 is 5.69 Å². The number of nitrogens with zero attached hydrogens (tertiary/aromatic N) is 2. The molecule has 7 nitrogen and oxygen atoms in total. The van der Waals surface area contributed by atoms with Crippen molar-refractivity contribution in [2.24, 2.45) is 0 Å². The van der Waals surface area contributed by atoms with Gasteiger partial charge in [0.15, 0.2) is 17.9 Å². The van der Waals surface area contributed by atoms with Crippen LogP contribution in [-0.4, -0.2) is 44.2 Å². The third-order valence-electron chi connectivity index (χ3n) is 3.03. The molecule has 108 valence electrons. The maximum absolute atomic E-state index is 14.6. The van der Waals surface area contributed by atoms with Crippen molar-refractivity contribution in [1.82, 2.24) is 9.55 Å². The second-order valence-corrected chi connectivity index (χ2v) is 4.23. The molecular weight excluding hydrogens is 276 g/mol. The molecule has 1 aliphatic heterocycles. The van der Waals surface area contributed by atoms with E-state index < -0.39 is 48.0 Å². The number of aliphatic hydroxyl groups excluding tert-OH is 2. The molecule has 0 bridgehead atoms. The van der Waals surface area contributed by atoms with Gasteiger partial charge in [-0.05, 0) is 0 Å². The molecule has 2 rings (SSSR count). The van der Waals surface area contributed by atoms with Crippen LogP contribution in [0.5, 0.6) is 0 Å². The van der Waals surface area contributed by atoms with Crippen LogP contribution < -0.4 is 11.4 Å². The molecule has 1 aromatic rings. The molecule has 4 atom stereocenters. The second kappa shape index (κ2) is 4.82. The van der Waals surface area contributed by atoms with Gasteiger partial charge in [-0.25, -0.2) is 13.6 Å². The molecule has 0 amide bonds. The molecule has 4 N–H and O–H groups in total. The summed E-state index contributed by atoms with van der Waals surface area (Å²) in [6.45, 7) is -0.731. The first-order chi connectivity index (χ1) is 9.35. The SMILES string of the molecule is C#C[C@@]1(F)C(O)C(CO)OC1n1cc(F)c(N)nc1=O. The van der Waals surface area contributed by atoms with Crippen molar-refractivity contribution in [2.45, 2.75) is 24.1 Å². The Morgan fingerprint density at radius 2 is 2.35 bits per heavy atom. The molecule has 9 heteroatoms. The van der Waals surface area contributed by atoms with Crippen molar-refractivity contribution < 1.29 is 23.7 Å². The number of alkyl halides is 1. The largest absolute Gasteiger partial charge is 0.394 e. The normalized spacial score (nSPS) is 33.0. The Labute approximate surface area is 111 Å². The van der Waals surface area contributed by atoms with Crippen molar-refractivity contribution in [3.05, 3.63) is 22.5 Å². The third-order valence-corrected chi connectivity index (χ3v) is 3.03. The predicted molar refractivity (Wildman–Crippen MR) is 62.5 cm³/mol. The Bertz CT molecular complexity index is 629. The monoisotopic (exact) mass is 287 g/mol. The molecule has 0 saturated carbocycles. The first-order valence-corrected chi connectivity index (χ1v) is 5.50. The highest BCUT2D eigenvalue weighted by Crippen LogP contribution is 2.40. The van der Waals surface area contributed by atoms with Gasteiger partial charge in [0.25, 0.3) is 0 Å². The number of anilines is 1. The molecule has 1 fully saturated rings. The van der Waals surface area contributed by atoms with Crippen molar-refractivity contribution in [3.8, 4) is 12.3 Å². The standard InChI is InChI=1S/C11H11F2N3O4/c1-2-11(13)7(18)6(4-17)20-9(11)16-3-5(12)8(14)15-10(16)19/h1,3,6-7,9,17-18H,4H2,(H2,14,15,19)/t6?,7?,9?,11-/m1/s1. The van der Waals surface area contributed by atoms with Crippen LogP contribution in [-0.2, 0) is 4.74 Å². The highest BCUT2D eigenvalue weighted by molar-refractivity contribution is 5.27. The van der Waals surface area contributed by atoms with Crippen molar-refractivity contribution in [2.75, 3.05) is 12.3 Å². The lowest BCUT2D eigenvalue weighted by molar-refractivity contribution is -0.0546. The minimum Gasteiger partial charge on any atom is -0.394 e. The number of terminal acetylenes is 1. The van der Waals surface area contributed by atoms with Crippen molar-refractivity contribution in [3.63, 3.8) is 0 Å². The Balaban J connectivity index is 2.55. The van der Waals surface area contributed by atoms with Gasteiger partial charge in [0, 0.05) is 0 Å². The van der Waals surface area contributed by atoms with E-state index in [1.165, 1.54) is 0 Å².